The van der Waals surface area contributed by atoms with Crippen molar-refractivity contribution < 1.29 is 9.53 Å². The molecule has 1 atom stereocenters. The van der Waals surface area contributed by atoms with Crippen molar-refractivity contribution in [2.24, 2.45) is 5.92 Å². The zero-order valence-electron chi connectivity index (χ0n) is 11.1. The van der Waals surface area contributed by atoms with E-state index in [0.29, 0.717) is 5.78 Å². The SMILES string of the molecule is CCC[C@H]1Cc2cc(OC)c(C)c(C)c2C1=O. The number of ether oxygens (including phenoxy) is 1. The van der Waals surface area contributed by atoms with Crippen molar-refractivity contribution in [3.8, 4) is 5.75 Å². The molecule has 92 valence electrons. The van der Waals surface area contributed by atoms with E-state index in [0.717, 1.165) is 41.7 Å². The van der Waals surface area contributed by atoms with Crippen molar-refractivity contribution in [3.63, 3.8) is 0 Å². The van der Waals surface area contributed by atoms with Gasteiger partial charge in [-0.05, 0) is 49.4 Å². The quantitative estimate of drug-likeness (QED) is 0.797. The predicted molar refractivity (Wildman–Crippen MR) is 68.9 cm³/mol. The smallest absolute Gasteiger partial charge is 0.166 e. The van der Waals surface area contributed by atoms with E-state index in [-0.39, 0.29) is 5.92 Å². The number of rotatable bonds is 3. The second-order valence-electron chi connectivity index (χ2n) is 4.92. The van der Waals surface area contributed by atoms with Gasteiger partial charge in [0.15, 0.2) is 5.78 Å². The topological polar surface area (TPSA) is 26.3 Å². The molecule has 1 aliphatic rings. The molecule has 2 heteroatoms. The zero-order valence-corrected chi connectivity index (χ0v) is 11.1. The standard InChI is InChI=1S/C15H20O2/c1-5-6-11-7-12-8-13(17-4)9(2)10(3)14(12)15(11)16/h8,11H,5-7H2,1-4H3/t11-/m0/s1. The minimum atomic E-state index is 0.195. The Morgan fingerprint density at radius 3 is 2.65 bits per heavy atom. The zero-order chi connectivity index (χ0) is 12.6. The highest BCUT2D eigenvalue weighted by atomic mass is 16.5. The fraction of sp³-hybridized carbons (Fsp3) is 0.533. The van der Waals surface area contributed by atoms with Gasteiger partial charge in [-0.1, -0.05) is 13.3 Å². The molecule has 1 aromatic carbocycles. The van der Waals surface area contributed by atoms with E-state index in [2.05, 4.69) is 6.92 Å². The van der Waals surface area contributed by atoms with Gasteiger partial charge in [0.1, 0.15) is 5.75 Å². The largest absolute Gasteiger partial charge is 0.496 e. The summed E-state index contributed by atoms with van der Waals surface area (Å²) in [5, 5.41) is 0. The molecular weight excluding hydrogens is 212 g/mol. The van der Waals surface area contributed by atoms with Crippen molar-refractivity contribution in [2.45, 2.75) is 40.0 Å². The first-order valence-corrected chi connectivity index (χ1v) is 6.31. The van der Waals surface area contributed by atoms with Crippen LogP contribution in [-0.2, 0) is 6.42 Å². The summed E-state index contributed by atoms with van der Waals surface area (Å²) in [6.45, 7) is 6.19. The van der Waals surface area contributed by atoms with Gasteiger partial charge in [-0.3, -0.25) is 4.79 Å². The number of carbonyl (C=O) groups is 1. The first kappa shape index (κ1) is 12.2. The number of ketones is 1. The average Bonchev–Trinajstić information content (AvgIpc) is 2.62. The van der Waals surface area contributed by atoms with Gasteiger partial charge in [-0.25, -0.2) is 0 Å². The Morgan fingerprint density at radius 2 is 2.06 bits per heavy atom. The van der Waals surface area contributed by atoms with Gasteiger partial charge in [-0.15, -0.1) is 0 Å². The predicted octanol–water partition coefficient (Wildman–Crippen LogP) is 3.47. The van der Waals surface area contributed by atoms with Crippen LogP contribution in [0.4, 0.5) is 0 Å². The first-order chi connectivity index (χ1) is 8.10. The third kappa shape index (κ3) is 1.86. The first-order valence-electron chi connectivity index (χ1n) is 6.31. The lowest BCUT2D eigenvalue weighted by molar-refractivity contribution is 0.0930. The van der Waals surface area contributed by atoms with Gasteiger partial charge in [0.05, 0.1) is 7.11 Å². The molecule has 0 amide bonds. The summed E-state index contributed by atoms with van der Waals surface area (Å²) >= 11 is 0. The van der Waals surface area contributed by atoms with Crippen LogP contribution in [0.3, 0.4) is 0 Å². The van der Waals surface area contributed by atoms with Gasteiger partial charge >= 0.3 is 0 Å². The molecule has 0 spiro atoms. The van der Waals surface area contributed by atoms with Crippen LogP contribution in [-0.4, -0.2) is 12.9 Å². The number of Topliss-reactive ketones (excluding diaryl/α,β-unsaturated/α-hetero) is 1. The monoisotopic (exact) mass is 232 g/mol. The Kier molecular flexibility index (Phi) is 3.23. The molecule has 2 nitrogen and oxygen atoms in total. The van der Waals surface area contributed by atoms with Crippen molar-refractivity contribution in [3.05, 3.63) is 28.3 Å². The lowest BCUT2D eigenvalue weighted by Gasteiger charge is -2.11. The summed E-state index contributed by atoms with van der Waals surface area (Å²) in [6, 6.07) is 2.05. The Balaban J connectivity index is 2.48. The molecule has 0 bridgehead atoms. The van der Waals surface area contributed by atoms with Gasteiger partial charge in [0.25, 0.3) is 0 Å². The van der Waals surface area contributed by atoms with Crippen molar-refractivity contribution in [2.75, 3.05) is 7.11 Å². The van der Waals surface area contributed by atoms with E-state index in [1.807, 2.05) is 19.9 Å². The maximum atomic E-state index is 12.3. The summed E-state index contributed by atoms with van der Waals surface area (Å²) in [5.41, 5.74) is 4.33. The van der Waals surface area contributed by atoms with Crippen molar-refractivity contribution in [1.29, 1.82) is 0 Å². The van der Waals surface area contributed by atoms with E-state index in [4.69, 9.17) is 4.74 Å². The number of benzene rings is 1. The molecule has 0 radical (unpaired) electrons. The van der Waals surface area contributed by atoms with Crippen LogP contribution < -0.4 is 4.74 Å². The number of hydrogen-bond donors (Lipinski definition) is 0. The average molecular weight is 232 g/mol. The number of carbonyl (C=O) groups excluding carboxylic acids is 1. The Labute approximate surface area is 103 Å². The second kappa shape index (κ2) is 4.52. The van der Waals surface area contributed by atoms with E-state index in [1.54, 1.807) is 7.11 Å². The van der Waals surface area contributed by atoms with Crippen LogP contribution in [0, 0.1) is 19.8 Å². The summed E-state index contributed by atoms with van der Waals surface area (Å²) < 4.78 is 5.37. The minimum absolute atomic E-state index is 0.195. The van der Waals surface area contributed by atoms with Crippen molar-refractivity contribution in [1.82, 2.24) is 0 Å². The van der Waals surface area contributed by atoms with E-state index >= 15 is 0 Å². The molecule has 0 saturated carbocycles. The fourth-order valence-corrected chi connectivity index (χ4v) is 2.81. The summed E-state index contributed by atoms with van der Waals surface area (Å²) in [7, 11) is 1.69. The highest BCUT2D eigenvalue weighted by molar-refractivity contribution is 6.04. The molecular formula is C15H20O2. The molecule has 0 saturated heterocycles. The molecule has 1 aliphatic carbocycles. The maximum Gasteiger partial charge on any atom is 0.166 e. The van der Waals surface area contributed by atoms with Crippen molar-refractivity contribution >= 4 is 5.78 Å². The summed E-state index contributed by atoms with van der Waals surface area (Å²) in [5.74, 6) is 1.44. The van der Waals surface area contributed by atoms with Gasteiger partial charge in [0, 0.05) is 11.5 Å². The van der Waals surface area contributed by atoms with Crippen LogP contribution in [0.25, 0.3) is 0 Å². The van der Waals surface area contributed by atoms with Gasteiger partial charge in [0.2, 0.25) is 0 Å². The van der Waals surface area contributed by atoms with Gasteiger partial charge < -0.3 is 4.74 Å². The fourth-order valence-electron chi connectivity index (χ4n) is 2.81. The van der Waals surface area contributed by atoms with Crippen LogP contribution in [0.2, 0.25) is 0 Å². The Bertz CT molecular complexity index is 460. The third-order valence-electron chi connectivity index (χ3n) is 3.87. The molecule has 0 heterocycles. The highest BCUT2D eigenvalue weighted by Crippen LogP contribution is 2.37. The molecule has 0 unspecified atom stereocenters. The van der Waals surface area contributed by atoms with Crippen LogP contribution in [0.1, 0.15) is 46.8 Å². The lowest BCUT2D eigenvalue weighted by Crippen LogP contribution is -2.09. The third-order valence-corrected chi connectivity index (χ3v) is 3.87. The molecule has 0 aromatic heterocycles. The molecule has 0 N–H and O–H groups in total. The van der Waals surface area contributed by atoms with E-state index in [1.165, 1.54) is 5.56 Å². The number of methoxy groups -OCH3 is 1. The van der Waals surface area contributed by atoms with E-state index in [9.17, 15) is 4.79 Å². The maximum absolute atomic E-state index is 12.3. The molecule has 0 aliphatic heterocycles. The lowest BCUT2D eigenvalue weighted by atomic mass is 9.96. The Hall–Kier alpha value is -1.31. The molecule has 1 aromatic rings. The second-order valence-corrected chi connectivity index (χ2v) is 4.92. The number of hydrogen-bond acceptors (Lipinski definition) is 2. The van der Waals surface area contributed by atoms with Crippen LogP contribution in [0.5, 0.6) is 5.75 Å². The Morgan fingerprint density at radius 1 is 1.35 bits per heavy atom. The summed E-state index contributed by atoms with van der Waals surface area (Å²) in [4.78, 5) is 12.3. The van der Waals surface area contributed by atoms with Crippen LogP contribution in [0.15, 0.2) is 6.07 Å². The van der Waals surface area contributed by atoms with Gasteiger partial charge in [-0.2, -0.15) is 0 Å². The van der Waals surface area contributed by atoms with E-state index < -0.39 is 0 Å². The molecule has 17 heavy (non-hydrogen) atoms. The molecule has 0 fully saturated rings. The molecule has 2 rings (SSSR count). The van der Waals surface area contributed by atoms with Crippen LogP contribution >= 0.6 is 0 Å². The summed E-state index contributed by atoms with van der Waals surface area (Å²) in [6.07, 6.45) is 2.95. The minimum Gasteiger partial charge on any atom is -0.496 e. The normalized spacial score (nSPS) is 18.4. The number of fused-ring (bicyclic) bond motifs is 1. The highest BCUT2D eigenvalue weighted by Gasteiger charge is 2.32.